The van der Waals surface area contributed by atoms with Gasteiger partial charge >= 0.3 is 5.97 Å². The van der Waals surface area contributed by atoms with Gasteiger partial charge < -0.3 is 14.0 Å². The van der Waals surface area contributed by atoms with Gasteiger partial charge in [0.2, 0.25) is 0 Å². The van der Waals surface area contributed by atoms with Crippen LogP contribution in [0.25, 0.3) is 10.8 Å². The summed E-state index contributed by atoms with van der Waals surface area (Å²) in [6.45, 7) is 4.82. The van der Waals surface area contributed by atoms with Gasteiger partial charge in [0.1, 0.15) is 11.5 Å². The highest BCUT2D eigenvalue weighted by molar-refractivity contribution is 6.04. The summed E-state index contributed by atoms with van der Waals surface area (Å²) in [6.07, 6.45) is 1.56. The Morgan fingerprint density at radius 3 is 2.24 bits per heavy atom. The molecule has 0 spiro atoms. The van der Waals surface area contributed by atoms with Crippen molar-refractivity contribution in [3.8, 4) is 11.5 Å². The van der Waals surface area contributed by atoms with Crippen molar-refractivity contribution in [2.45, 2.75) is 20.4 Å². The number of benzene rings is 2. The van der Waals surface area contributed by atoms with Crippen LogP contribution in [0, 0.1) is 0 Å². The molecule has 2 aromatic carbocycles. The van der Waals surface area contributed by atoms with E-state index in [2.05, 4.69) is 0 Å². The summed E-state index contributed by atoms with van der Waals surface area (Å²) in [6, 6.07) is 13.9. The molecule has 0 atom stereocenters. The van der Waals surface area contributed by atoms with Crippen LogP contribution in [-0.2, 0) is 6.54 Å². The maximum absolute atomic E-state index is 12.6. The fraction of sp³-hybridized carbons (Fsp3) is 0.200. The van der Waals surface area contributed by atoms with Gasteiger partial charge in [-0.25, -0.2) is 4.79 Å². The Bertz CT molecular complexity index is 958. The standard InChI is InChI=1S/C20H19NO4/c1-3-21-13-18(16-7-5-6-8-17(16)19(21)22)20(23)25-15-11-9-14(10-12-15)24-4-2/h5-13H,3-4H2,1-2H3. The van der Waals surface area contributed by atoms with E-state index in [-0.39, 0.29) is 5.56 Å². The van der Waals surface area contributed by atoms with Gasteiger partial charge in [-0.15, -0.1) is 0 Å². The molecule has 0 N–H and O–H groups in total. The molecule has 0 aliphatic heterocycles. The van der Waals surface area contributed by atoms with Crippen LogP contribution in [0.3, 0.4) is 0 Å². The molecule has 1 aromatic heterocycles. The second-order valence-corrected chi connectivity index (χ2v) is 5.47. The van der Waals surface area contributed by atoms with Crippen LogP contribution >= 0.6 is 0 Å². The largest absolute Gasteiger partial charge is 0.494 e. The lowest BCUT2D eigenvalue weighted by atomic mass is 10.1. The summed E-state index contributed by atoms with van der Waals surface area (Å²) >= 11 is 0. The lowest BCUT2D eigenvalue weighted by Gasteiger charge is -2.11. The lowest BCUT2D eigenvalue weighted by Crippen LogP contribution is -2.22. The third-order valence-electron chi connectivity index (χ3n) is 3.90. The number of carbonyl (C=O) groups excluding carboxylic acids is 1. The number of hydrogen-bond donors (Lipinski definition) is 0. The number of carbonyl (C=O) groups is 1. The summed E-state index contributed by atoms with van der Waals surface area (Å²) in [5.74, 6) is 0.640. The van der Waals surface area contributed by atoms with Crippen molar-refractivity contribution in [1.82, 2.24) is 4.57 Å². The summed E-state index contributed by atoms with van der Waals surface area (Å²) in [5.41, 5.74) is 0.252. The van der Waals surface area contributed by atoms with Crippen LogP contribution in [0.2, 0.25) is 0 Å². The van der Waals surface area contributed by atoms with Crippen LogP contribution in [-0.4, -0.2) is 17.1 Å². The maximum Gasteiger partial charge on any atom is 0.345 e. The Morgan fingerprint density at radius 2 is 1.60 bits per heavy atom. The van der Waals surface area contributed by atoms with Gasteiger partial charge in [0.25, 0.3) is 5.56 Å². The molecule has 0 bridgehead atoms. The molecule has 25 heavy (non-hydrogen) atoms. The Kier molecular flexibility index (Phi) is 4.84. The van der Waals surface area contributed by atoms with Gasteiger partial charge in [-0.2, -0.15) is 0 Å². The number of pyridine rings is 1. The first-order valence-electron chi connectivity index (χ1n) is 8.21. The quantitative estimate of drug-likeness (QED) is 0.527. The second-order valence-electron chi connectivity index (χ2n) is 5.47. The Hall–Kier alpha value is -3.08. The van der Waals surface area contributed by atoms with Crippen LogP contribution in [0.1, 0.15) is 24.2 Å². The number of ether oxygens (including phenoxy) is 2. The molecule has 0 aliphatic rings. The fourth-order valence-corrected chi connectivity index (χ4v) is 2.67. The molecule has 0 saturated heterocycles. The van der Waals surface area contributed by atoms with E-state index in [1.54, 1.807) is 54.7 Å². The Morgan fingerprint density at radius 1 is 0.960 bits per heavy atom. The number of hydrogen-bond acceptors (Lipinski definition) is 4. The minimum atomic E-state index is -0.498. The molecule has 0 radical (unpaired) electrons. The first-order chi connectivity index (χ1) is 12.1. The van der Waals surface area contributed by atoms with Crippen molar-refractivity contribution < 1.29 is 14.3 Å². The van der Waals surface area contributed by atoms with Crippen LogP contribution in [0.15, 0.2) is 59.5 Å². The normalized spacial score (nSPS) is 10.6. The number of aryl methyl sites for hydroxylation is 1. The monoisotopic (exact) mass is 337 g/mol. The molecule has 0 unspecified atom stereocenters. The predicted molar refractivity (Wildman–Crippen MR) is 96.5 cm³/mol. The number of rotatable bonds is 5. The van der Waals surface area contributed by atoms with E-state index in [0.717, 1.165) is 0 Å². The molecule has 128 valence electrons. The molecule has 3 rings (SSSR count). The van der Waals surface area contributed by atoms with E-state index in [1.807, 2.05) is 13.8 Å². The fourth-order valence-electron chi connectivity index (χ4n) is 2.67. The van der Waals surface area contributed by atoms with E-state index in [1.165, 1.54) is 4.57 Å². The molecule has 5 nitrogen and oxygen atoms in total. The van der Waals surface area contributed by atoms with Crippen molar-refractivity contribution >= 4 is 16.7 Å². The van der Waals surface area contributed by atoms with Crippen LogP contribution in [0.4, 0.5) is 0 Å². The molecular weight excluding hydrogens is 318 g/mol. The zero-order valence-corrected chi connectivity index (χ0v) is 14.2. The number of nitrogens with zero attached hydrogens (tertiary/aromatic N) is 1. The Labute approximate surface area is 145 Å². The highest BCUT2D eigenvalue weighted by Crippen LogP contribution is 2.21. The summed E-state index contributed by atoms with van der Waals surface area (Å²) < 4.78 is 12.4. The predicted octanol–water partition coefficient (Wildman–Crippen LogP) is 3.64. The topological polar surface area (TPSA) is 57.5 Å². The first-order valence-corrected chi connectivity index (χ1v) is 8.21. The average Bonchev–Trinajstić information content (AvgIpc) is 2.64. The first kappa shape index (κ1) is 16.8. The lowest BCUT2D eigenvalue weighted by molar-refractivity contribution is 0.0735. The zero-order valence-electron chi connectivity index (χ0n) is 14.2. The van der Waals surface area contributed by atoms with Crippen molar-refractivity contribution in [2.24, 2.45) is 0 Å². The summed E-state index contributed by atoms with van der Waals surface area (Å²) in [4.78, 5) is 25.0. The van der Waals surface area contributed by atoms with Gasteiger partial charge in [-0.1, -0.05) is 18.2 Å². The SMILES string of the molecule is CCOc1ccc(OC(=O)c2cn(CC)c(=O)c3ccccc23)cc1. The molecule has 3 aromatic rings. The third-order valence-corrected chi connectivity index (χ3v) is 3.90. The average molecular weight is 337 g/mol. The van der Waals surface area contributed by atoms with Gasteiger partial charge in [0.05, 0.1) is 12.2 Å². The van der Waals surface area contributed by atoms with Gasteiger partial charge in [0.15, 0.2) is 0 Å². The maximum atomic E-state index is 12.6. The minimum absolute atomic E-state index is 0.115. The molecular formula is C20H19NO4. The van der Waals surface area contributed by atoms with E-state index in [4.69, 9.17) is 9.47 Å². The van der Waals surface area contributed by atoms with Gasteiger partial charge in [-0.3, -0.25) is 4.79 Å². The number of aromatic nitrogens is 1. The number of fused-ring (bicyclic) bond motifs is 1. The second kappa shape index (κ2) is 7.21. The summed E-state index contributed by atoms with van der Waals surface area (Å²) in [7, 11) is 0. The van der Waals surface area contributed by atoms with Crippen LogP contribution < -0.4 is 15.0 Å². The van der Waals surface area contributed by atoms with E-state index in [0.29, 0.717) is 41.0 Å². The van der Waals surface area contributed by atoms with Crippen molar-refractivity contribution in [2.75, 3.05) is 6.61 Å². The molecule has 0 aliphatic carbocycles. The van der Waals surface area contributed by atoms with Crippen LogP contribution in [0.5, 0.6) is 11.5 Å². The Balaban J connectivity index is 1.96. The van der Waals surface area contributed by atoms with Crippen molar-refractivity contribution in [3.05, 3.63) is 70.6 Å². The highest BCUT2D eigenvalue weighted by Gasteiger charge is 2.16. The van der Waals surface area contributed by atoms with E-state index < -0.39 is 5.97 Å². The summed E-state index contributed by atoms with van der Waals surface area (Å²) in [5, 5.41) is 1.10. The van der Waals surface area contributed by atoms with Gasteiger partial charge in [0, 0.05) is 23.5 Å². The molecule has 0 amide bonds. The zero-order chi connectivity index (χ0) is 17.8. The number of esters is 1. The minimum Gasteiger partial charge on any atom is -0.494 e. The smallest absolute Gasteiger partial charge is 0.345 e. The highest BCUT2D eigenvalue weighted by atomic mass is 16.5. The van der Waals surface area contributed by atoms with Gasteiger partial charge in [-0.05, 0) is 44.2 Å². The molecule has 1 heterocycles. The molecule has 0 saturated carbocycles. The van der Waals surface area contributed by atoms with E-state index in [9.17, 15) is 9.59 Å². The van der Waals surface area contributed by atoms with Crippen molar-refractivity contribution in [3.63, 3.8) is 0 Å². The molecule has 0 fully saturated rings. The van der Waals surface area contributed by atoms with Crippen molar-refractivity contribution in [1.29, 1.82) is 0 Å². The third kappa shape index (κ3) is 3.40. The van der Waals surface area contributed by atoms with E-state index >= 15 is 0 Å². The molecule has 5 heteroatoms.